The third kappa shape index (κ3) is 6.89. The van der Waals surface area contributed by atoms with E-state index in [2.05, 4.69) is 20.8 Å². The number of alkyl carbamates (subject to hydrolysis) is 1. The van der Waals surface area contributed by atoms with Crippen LogP contribution < -0.4 is 10.6 Å². The molecule has 0 fully saturated rings. The Hall–Kier alpha value is -3.72. The zero-order valence-corrected chi connectivity index (χ0v) is 19.6. The molecule has 0 radical (unpaired) electrons. The number of guanidine groups is 1. The van der Waals surface area contributed by atoms with Crippen molar-refractivity contribution >= 4 is 17.9 Å². The van der Waals surface area contributed by atoms with Crippen LogP contribution in [-0.2, 0) is 4.74 Å². The number of nitrogens with zero attached hydrogens (tertiary/aromatic N) is 2. The maximum absolute atomic E-state index is 14.8. The van der Waals surface area contributed by atoms with Crippen LogP contribution in [0.5, 0.6) is 0 Å². The number of carbonyl (C=O) groups is 1. The molecule has 0 aliphatic heterocycles. The highest BCUT2D eigenvalue weighted by molar-refractivity contribution is 6.01. The van der Waals surface area contributed by atoms with Gasteiger partial charge in [-0.25, -0.2) is 9.18 Å². The molecule has 0 aliphatic rings. The van der Waals surface area contributed by atoms with Crippen molar-refractivity contribution in [2.75, 3.05) is 18.5 Å². The largest absolute Gasteiger partial charge is 0.444 e. The summed E-state index contributed by atoms with van der Waals surface area (Å²) in [5.41, 5.74) is 1.94. The Balaban J connectivity index is 1.73. The lowest BCUT2D eigenvalue weighted by atomic mass is 9.95. The molecule has 3 N–H and O–H groups in total. The quantitative estimate of drug-likeness (QED) is 0.350. The molecule has 3 aromatic rings. The lowest BCUT2D eigenvalue weighted by Crippen LogP contribution is -2.40. The number of amides is 1. The van der Waals surface area contributed by atoms with Gasteiger partial charge < -0.3 is 14.4 Å². The van der Waals surface area contributed by atoms with Crippen LogP contribution in [-0.4, -0.2) is 41.1 Å². The zero-order valence-electron chi connectivity index (χ0n) is 19.6. The van der Waals surface area contributed by atoms with Gasteiger partial charge in [-0.2, -0.15) is 0 Å². The number of nitrogens with one attached hydrogen (secondary N) is 2. The van der Waals surface area contributed by atoms with E-state index in [0.717, 1.165) is 11.1 Å². The van der Waals surface area contributed by atoms with Gasteiger partial charge in [0.05, 0.1) is 18.8 Å². The highest BCUT2D eigenvalue weighted by Crippen LogP contribution is 2.30. The molecule has 1 atom stereocenters. The molecule has 0 saturated heterocycles. The van der Waals surface area contributed by atoms with Gasteiger partial charge in [-0.3, -0.25) is 15.6 Å². The third-order valence-corrected chi connectivity index (χ3v) is 4.78. The van der Waals surface area contributed by atoms with Crippen LogP contribution in [0.25, 0.3) is 11.1 Å². The lowest BCUT2D eigenvalue weighted by Gasteiger charge is -2.20. The van der Waals surface area contributed by atoms with Gasteiger partial charge in [0.2, 0.25) is 11.8 Å². The van der Waals surface area contributed by atoms with E-state index in [0.29, 0.717) is 11.3 Å². The van der Waals surface area contributed by atoms with Gasteiger partial charge in [0.1, 0.15) is 11.4 Å². The SMILES string of the molecule is CC(c1ccc(-c2ccccc2)c(F)c1)c1cc(NC(=NCCO)NC(=O)OC(C)(C)C)on1. The highest BCUT2D eigenvalue weighted by Gasteiger charge is 2.20. The van der Waals surface area contributed by atoms with E-state index in [9.17, 15) is 9.18 Å². The number of ether oxygens (including phenoxy) is 1. The molecule has 1 heterocycles. The fraction of sp³-hybridized carbons (Fsp3) is 0.320. The third-order valence-electron chi connectivity index (χ3n) is 4.78. The average molecular weight is 469 g/mol. The van der Waals surface area contributed by atoms with Crippen molar-refractivity contribution in [3.05, 3.63) is 71.7 Å². The minimum Gasteiger partial charge on any atom is -0.444 e. The molecule has 0 bridgehead atoms. The van der Waals surface area contributed by atoms with E-state index in [-0.39, 0.29) is 36.7 Å². The van der Waals surface area contributed by atoms with Gasteiger partial charge in [-0.15, -0.1) is 0 Å². The van der Waals surface area contributed by atoms with Crippen LogP contribution in [0.4, 0.5) is 15.1 Å². The van der Waals surface area contributed by atoms with E-state index in [1.165, 1.54) is 6.07 Å². The van der Waals surface area contributed by atoms with E-state index >= 15 is 0 Å². The van der Waals surface area contributed by atoms with Crippen LogP contribution >= 0.6 is 0 Å². The van der Waals surface area contributed by atoms with Crippen LogP contribution in [0, 0.1) is 5.82 Å². The van der Waals surface area contributed by atoms with E-state index in [1.54, 1.807) is 32.9 Å². The zero-order chi connectivity index (χ0) is 24.7. The second-order valence-electron chi connectivity index (χ2n) is 8.65. The molecule has 9 heteroatoms. The van der Waals surface area contributed by atoms with Crippen LogP contribution in [0.2, 0.25) is 0 Å². The second kappa shape index (κ2) is 10.9. The number of benzene rings is 2. The molecule has 34 heavy (non-hydrogen) atoms. The summed E-state index contributed by atoms with van der Waals surface area (Å²) < 4.78 is 25.4. The Morgan fingerprint density at radius 1 is 1.21 bits per heavy atom. The van der Waals surface area contributed by atoms with Crippen molar-refractivity contribution in [1.29, 1.82) is 0 Å². The molecule has 1 aromatic heterocycles. The standard InChI is InChI=1S/C25H29FN4O4/c1-16(18-10-11-19(20(26)14-18)17-8-6-5-7-9-17)21-15-22(34-30-21)28-23(27-12-13-31)29-24(32)33-25(2,3)4/h5-11,14-16,31H,12-13H2,1-4H3,(H2,27,28,29,32). The summed E-state index contributed by atoms with van der Waals surface area (Å²) in [7, 11) is 0. The number of anilines is 1. The van der Waals surface area contributed by atoms with Crippen molar-refractivity contribution in [1.82, 2.24) is 10.5 Å². The number of aliphatic hydroxyl groups excluding tert-OH is 1. The molecule has 180 valence electrons. The van der Waals surface area contributed by atoms with Gasteiger partial charge in [-0.1, -0.05) is 54.5 Å². The van der Waals surface area contributed by atoms with Gasteiger partial charge in [0.25, 0.3) is 0 Å². The Kier molecular flexibility index (Phi) is 8.01. The molecule has 1 amide bonds. The number of hydrogen-bond acceptors (Lipinski definition) is 6. The fourth-order valence-electron chi connectivity index (χ4n) is 3.16. The number of hydrogen-bond donors (Lipinski definition) is 3. The summed E-state index contributed by atoms with van der Waals surface area (Å²) in [6.07, 6.45) is -0.709. The minimum absolute atomic E-state index is 0.0388. The van der Waals surface area contributed by atoms with Crippen molar-refractivity contribution in [2.24, 2.45) is 4.99 Å². The molecule has 0 spiro atoms. The first-order valence-corrected chi connectivity index (χ1v) is 10.9. The maximum atomic E-state index is 14.8. The van der Waals surface area contributed by atoms with E-state index < -0.39 is 11.7 Å². The first-order chi connectivity index (χ1) is 16.2. The normalized spacial score (nSPS) is 12.8. The van der Waals surface area contributed by atoms with Crippen molar-refractivity contribution in [3.8, 4) is 11.1 Å². The summed E-state index contributed by atoms with van der Waals surface area (Å²) in [5, 5.41) is 18.4. The van der Waals surface area contributed by atoms with Gasteiger partial charge in [0, 0.05) is 17.5 Å². The Labute approximate surface area is 197 Å². The lowest BCUT2D eigenvalue weighted by molar-refractivity contribution is 0.0563. The van der Waals surface area contributed by atoms with Crippen LogP contribution in [0.15, 0.2) is 64.1 Å². The summed E-state index contributed by atoms with van der Waals surface area (Å²) in [6.45, 7) is 6.96. The monoisotopic (exact) mass is 468 g/mol. The molecule has 8 nitrogen and oxygen atoms in total. The molecule has 0 aliphatic carbocycles. The van der Waals surface area contributed by atoms with Crippen molar-refractivity contribution in [3.63, 3.8) is 0 Å². The Bertz CT molecular complexity index is 1140. The smallest absolute Gasteiger partial charge is 0.414 e. The highest BCUT2D eigenvalue weighted by atomic mass is 19.1. The first kappa shape index (κ1) is 24.9. The molecule has 3 rings (SSSR count). The topological polar surface area (TPSA) is 109 Å². The number of carbonyl (C=O) groups excluding carboxylic acids is 1. The molecular weight excluding hydrogens is 439 g/mol. The predicted molar refractivity (Wildman–Crippen MR) is 128 cm³/mol. The van der Waals surface area contributed by atoms with Gasteiger partial charge in [0.15, 0.2) is 0 Å². The number of aliphatic hydroxyl groups is 1. The molecule has 2 aromatic carbocycles. The summed E-state index contributed by atoms with van der Waals surface area (Å²) in [6, 6.07) is 16.1. The van der Waals surface area contributed by atoms with E-state index in [1.807, 2.05) is 43.3 Å². The average Bonchev–Trinajstić information content (AvgIpc) is 3.24. The number of aliphatic imine (C=N–C) groups is 1. The summed E-state index contributed by atoms with van der Waals surface area (Å²) in [5.74, 6) is -0.319. The van der Waals surface area contributed by atoms with Gasteiger partial charge in [-0.05, 0) is 38.0 Å². The summed E-state index contributed by atoms with van der Waals surface area (Å²) in [4.78, 5) is 16.2. The van der Waals surface area contributed by atoms with Gasteiger partial charge >= 0.3 is 6.09 Å². The van der Waals surface area contributed by atoms with Crippen LogP contribution in [0.1, 0.15) is 44.9 Å². The summed E-state index contributed by atoms with van der Waals surface area (Å²) >= 11 is 0. The van der Waals surface area contributed by atoms with E-state index in [4.69, 9.17) is 14.4 Å². The van der Waals surface area contributed by atoms with Crippen LogP contribution in [0.3, 0.4) is 0 Å². The first-order valence-electron chi connectivity index (χ1n) is 10.9. The fourth-order valence-corrected chi connectivity index (χ4v) is 3.16. The molecular formula is C25H29FN4O4. The van der Waals surface area contributed by atoms with Crippen molar-refractivity contribution < 1.29 is 23.6 Å². The maximum Gasteiger partial charge on any atom is 0.414 e. The number of aromatic nitrogens is 1. The van der Waals surface area contributed by atoms with Crippen molar-refractivity contribution in [2.45, 2.75) is 39.2 Å². The molecule has 0 saturated carbocycles. The number of halogens is 1. The second-order valence-corrected chi connectivity index (χ2v) is 8.65. The Morgan fingerprint density at radius 2 is 1.94 bits per heavy atom. The molecule has 1 unspecified atom stereocenters. The Morgan fingerprint density at radius 3 is 2.59 bits per heavy atom. The minimum atomic E-state index is -0.709. The predicted octanol–water partition coefficient (Wildman–Crippen LogP) is 4.92. The number of rotatable bonds is 6.